The highest BCUT2D eigenvalue weighted by molar-refractivity contribution is 7.12. The number of thiophene rings is 1. The summed E-state index contributed by atoms with van der Waals surface area (Å²) in [7, 11) is 1.54. The fourth-order valence-electron chi connectivity index (χ4n) is 1.75. The molecule has 0 spiro atoms. The number of methoxy groups -OCH3 is 1. The van der Waals surface area contributed by atoms with Crippen molar-refractivity contribution in [2.75, 3.05) is 18.2 Å². The van der Waals surface area contributed by atoms with Crippen molar-refractivity contribution in [2.24, 2.45) is 0 Å². The molecule has 0 unspecified atom stereocenters. The number of anilines is 2. The van der Waals surface area contributed by atoms with Gasteiger partial charge in [-0.15, -0.1) is 11.3 Å². The predicted molar refractivity (Wildman–Crippen MR) is 79.2 cm³/mol. The van der Waals surface area contributed by atoms with Gasteiger partial charge in [0.25, 0.3) is 5.91 Å². The molecule has 0 bridgehead atoms. The number of benzene rings is 1. The van der Waals surface area contributed by atoms with Crippen LogP contribution in [-0.4, -0.2) is 13.0 Å². The van der Waals surface area contributed by atoms with Gasteiger partial charge in [-0.3, -0.25) is 4.79 Å². The first kappa shape index (κ1) is 13.4. The smallest absolute Gasteiger partial charge is 0.269 e. The van der Waals surface area contributed by atoms with E-state index in [0.29, 0.717) is 22.0 Å². The summed E-state index contributed by atoms with van der Waals surface area (Å²) in [6.07, 6.45) is 0. The molecule has 1 amide bonds. The van der Waals surface area contributed by atoms with Gasteiger partial charge in [-0.2, -0.15) is 0 Å². The van der Waals surface area contributed by atoms with Crippen LogP contribution in [0.2, 0.25) is 0 Å². The Kier molecular flexibility index (Phi) is 3.76. The molecule has 1 aromatic carbocycles. The molecule has 0 fully saturated rings. The molecule has 0 aliphatic carbocycles. The second-order valence-electron chi connectivity index (χ2n) is 4.30. The largest absolute Gasteiger partial charge is 0.495 e. The molecule has 1 aromatic heterocycles. The van der Waals surface area contributed by atoms with Crippen LogP contribution in [0.3, 0.4) is 0 Å². The molecule has 100 valence electrons. The SMILES string of the molecule is COc1ccsc1C(=O)Nc1cc(C)c(C)cc1N. The number of amides is 1. The third kappa shape index (κ3) is 2.71. The Morgan fingerprint density at radius 3 is 2.68 bits per heavy atom. The molecule has 3 N–H and O–H groups in total. The minimum absolute atomic E-state index is 0.207. The van der Waals surface area contributed by atoms with Crippen molar-refractivity contribution in [1.82, 2.24) is 0 Å². The number of nitrogens with two attached hydrogens (primary N) is 1. The molecule has 0 radical (unpaired) electrons. The average Bonchev–Trinajstić information content (AvgIpc) is 2.84. The van der Waals surface area contributed by atoms with Crippen LogP contribution in [0.25, 0.3) is 0 Å². The van der Waals surface area contributed by atoms with E-state index in [-0.39, 0.29) is 5.91 Å². The van der Waals surface area contributed by atoms with Gasteiger partial charge in [0, 0.05) is 0 Å². The van der Waals surface area contributed by atoms with E-state index in [1.807, 2.05) is 31.4 Å². The molecule has 5 heteroatoms. The topological polar surface area (TPSA) is 64.3 Å². The third-order valence-electron chi connectivity index (χ3n) is 2.97. The van der Waals surface area contributed by atoms with Crippen LogP contribution in [-0.2, 0) is 0 Å². The lowest BCUT2D eigenvalue weighted by atomic mass is 10.1. The highest BCUT2D eigenvalue weighted by Crippen LogP contribution is 2.28. The third-order valence-corrected chi connectivity index (χ3v) is 3.86. The summed E-state index contributed by atoms with van der Waals surface area (Å²) in [6, 6.07) is 5.50. The number of hydrogen-bond donors (Lipinski definition) is 2. The minimum atomic E-state index is -0.207. The van der Waals surface area contributed by atoms with Crippen LogP contribution in [0.15, 0.2) is 23.6 Å². The zero-order chi connectivity index (χ0) is 14.0. The van der Waals surface area contributed by atoms with Crippen LogP contribution in [0.1, 0.15) is 20.8 Å². The Labute approximate surface area is 116 Å². The van der Waals surface area contributed by atoms with Gasteiger partial charge >= 0.3 is 0 Å². The Morgan fingerprint density at radius 1 is 1.32 bits per heavy atom. The first-order chi connectivity index (χ1) is 9.02. The second-order valence-corrected chi connectivity index (χ2v) is 5.21. The van der Waals surface area contributed by atoms with E-state index in [4.69, 9.17) is 10.5 Å². The van der Waals surface area contributed by atoms with E-state index < -0.39 is 0 Å². The number of carbonyl (C=O) groups excluding carboxylic acids is 1. The Balaban J connectivity index is 2.27. The van der Waals surface area contributed by atoms with Crippen LogP contribution in [0.4, 0.5) is 11.4 Å². The number of hydrogen-bond acceptors (Lipinski definition) is 4. The molecule has 19 heavy (non-hydrogen) atoms. The number of rotatable bonds is 3. The summed E-state index contributed by atoms with van der Waals surface area (Å²) >= 11 is 1.34. The zero-order valence-electron chi connectivity index (χ0n) is 11.1. The summed E-state index contributed by atoms with van der Waals surface area (Å²) in [5.41, 5.74) is 9.30. The summed E-state index contributed by atoms with van der Waals surface area (Å²) in [6.45, 7) is 3.97. The maximum atomic E-state index is 12.2. The number of carbonyl (C=O) groups is 1. The number of nitrogen functional groups attached to an aromatic ring is 1. The Morgan fingerprint density at radius 2 is 2.00 bits per heavy atom. The maximum absolute atomic E-state index is 12.2. The van der Waals surface area contributed by atoms with E-state index >= 15 is 0 Å². The van der Waals surface area contributed by atoms with E-state index in [1.165, 1.54) is 11.3 Å². The van der Waals surface area contributed by atoms with Gasteiger partial charge in [0.1, 0.15) is 10.6 Å². The van der Waals surface area contributed by atoms with Gasteiger partial charge in [-0.05, 0) is 48.6 Å². The highest BCUT2D eigenvalue weighted by atomic mass is 32.1. The number of ether oxygens (including phenoxy) is 1. The summed E-state index contributed by atoms with van der Waals surface area (Å²) in [4.78, 5) is 12.7. The first-order valence-electron chi connectivity index (χ1n) is 5.82. The monoisotopic (exact) mass is 276 g/mol. The molecule has 0 atom stereocenters. The molecular formula is C14H16N2O2S. The van der Waals surface area contributed by atoms with Gasteiger partial charge in [0.05, 0.1) is 18.5 Å². The molecule has 2 aromatic rings. The highest BCUT2D eigenvalue weighted by Gasteiger charge is 2.15. The molecule has 1 heterocycles. The van der Waals surface area contributed by atoms with Crippen LogP contribution < -0.4 is 15.8 Å². The van der Waals surface area contributed by atoms with E-state index in [1.54, 1.807) is 13.2 Å². The Hall–Kier alpha value is -2.01. The quantitative estimate of drug-likeness (QED) is 0.846. The standard InChI is InChI=1S/C14H16N2O2S/c1-8-6-10(15)11(7-9(8)2)16-14(17)13-12(18-3)4-5-19-13/h4-7H,15H2,1-3H3,(H,16,17). The van der Waals surface area contributed by atoms with E-state index in [2.05, 4.69) is 5.32 Å². The average molecular weight is 276 g/mol. The molecule has 0 aliphatic rings. The summed E-state index contributed by atoms with van der Waals surface area (Å²) < 4.78 is 5.14. The second kappa shape index (κ2) is 5.32. The van der Waals surface area contributed by atoms with Crippen LogP contribution in [0.5, 0.6) is 5.75 Å². The fraction of sp³-hybridized carbons (Fsp3) is 0.214. The van der Waals surface area contributed by atoms with Crippen molar-refractivity contribution in [3.63, 3.8) is 0 Å². The lowest BCUT2D eigenvalue weighted by Crippen LogP contribution is -2.13. The molecule has 0 saturated heterocycles. The number of aryl methyl sites for hydroxylation is 2. The molecule has 0 aliphatic heterocycles. The molecule has 0 saturated carbocycles. The van der Waals surface area contributed by atoms with Crippen molar-refractivity contribution in [1.29, 1.82) is 0 Å². The van der Waals surface area contributed by atoms with Crippen LogP contribution in [0, 0.1) is 13.8 Å². The first-order valence-corrected chi connectivity index (χ1v) is 6.70. The normalized spacial score (nSPS) is 10.3. The molecule has 4 nitrogen and oxygen atoms in total. The van der Waals surface area contributed by atoms with Gasteiger partial charge in [-0.25, -0.2) is 0 Å². The van der Waals surface area contributed by atoms with Gasteiger partial charge in [0.15, 0.2) is 0 Å². The van der Waals surface area contributed by atoms with E-state index in [9.17, 15) is 4.79 Å². The lowest BCUT2D eigenvalue weighted by molar-refractivity contribution is 0.102. The summed E-state index contributed by atoms with van der Waals surface area (Å²) in [5, 5.41) is 4.64. The maximum Gasteiger partial charge on any atom is 0.269 e. The van der Waals surface area contributed by atoms with E-state index in [0.717, 1.165) is 11.1 Å². The summed E-state index contributed by atoms with van der Waals surface area (Å²) in [5.74, 6) is 0.367. The van der Waals surface area contributed by atoms with Crippen molar-refractivity contribution in [3.05, 3.63) is 39.6 Å². The van der Waals surface area contributed by atoms with Crippen LogP contribution >= 0.6 is 11.3 Å². The Bertz CT molecular complexity index is 620. The van der Waals surface area contributed by atoms with Gasteiger partial charge < -0.3 is 15.8 Å². The van der Waals surface area contributed by atoms with Gasteiger partial charge in [-0.1, -0.05) is 0 Å². The molecular weight excluding hydrogens is 260 g/mol. The minimum Gasteiger partial charge on any atom is -0.495 e. The zero-order valence-corrected chi connectivity index (χ0v) is 11.9. The number of nitrogens with one attached hydrogen (secondary N) is 1. The van der Waals surface area contributed by atoms with Gasteiger partial charge in [0.2, 0.25) is 0 Å². The lowest BCUT2D eigenvalue weighted by Gasteiger charge is -2.11. The van der Waals surface area contributed by atoms with Crippen molar-refractivity contribution in [3.8, 4) is 5.75 Å². The fourth-order valence-corrected chi connectivity index (χ4v) is 2.50. The van der Waals surface area contributed by atoms with Crippen molar-refractivity contribution >= 4 is 28.6 Å². The van der Waals surface area contributed by atoms with Crippen molar-refractivity contribution < 1.29 is 9.53 Å². The van der Waals surface area contributed by atoms with Crippen molar-refractivity contribution in [2.45, 2.75) is 13.8 Å². The predicted octanol–water partition coefficient (Wildman–Crippen LogP) is 3.21. The molecule has 2 rings (SSSR count).